The minimum absolute atomic E-state index is 0.125. The fraction of sp³-hybridized carbons (Fsp3) is 0.160. The molecule has 5 nitrogen and oxygen atoms in total. The van der Waals surface area contributed by atoms with Gasteiger partial charge in [-0.2, -0.15) is 0 Å². The highest BCUT2D eigenvalue weighted by atomic mass is 35.5. The van der Waals surface area contributed by atoms with Gasteiger partial charge >= 0.3 is 0 Å². The molecule has 1 aliphatic rings. The van der Waals surface area contributed by atoms with E-state index in [2.05, 4.69) is 0 Å². The van der Waals surface area contributed by atoms with Gasteiger partial charge in [0.2, 0.25) is 5.91 Å². The molecule has 0 aromatic heterocycles. The first-order valence-corrected chi connectivity index (χ1v) is 10.6. The molecule has 7 heteroatoms. The fourth-order valence-electron chi connectivity index (χ4n) is 3.84. The van der Waals surface area contributed by atoms with Gasteiger partial charge in [0.25, 0.3) is 11.8 Å². The average molecular weight is 451 g/mol. The summed E-state index contributed by atoms with van der Waals surface area (Å²) in [6.07, 6.45) is 0.230. The van der Waals surface area contributed by atoms with E-state index in [0.29, 0.717) is 17.1 Å². The maximum Gasteiger partial charge on any atom is 0.257 e. The van der Waals surface area contributed by atoms with Gasteiger partial charge in [0.05, 0.1) is 17.7 Å². The number of anilines is 1. The van der Waals surface area contributed by atoms with Crippen LogP contribution in [0, 0.1) is 5.82 Å². The topological polar surface area (TPSA) is 57.7 Å². The van der Waals surface area contributed by atoms with Crippen LogP contribution in [0.2, 0.25) is 5.02 Å². The molecule has 3 amide bonds. The lowest BCUT2D eigenvalue weighted by atomic mass is 10.1. The summed E-state index contributed by atoms with van der Waals surface area (Å²) in [5.41, 5.74) is 1.16. The number of para-hydroxylation sites is 1. The summed E-state index contributed by atoms with van der Waals surface area (Å²) >= 11 is 6.06. The minimum atomic E-state index is -1.02. The van der Waals surface area contributed by atoms with Crippen molar-refractivity contribution in [2.45, 2.75) is 18.9 Å². The molecule has 0 saturated carbocycles. The summed E-state index contributed by atoms with van der Waals surface area (Å²) < 4.78 is 14.4. The Morgan fingerprint density at radius 2 is 1.72 bits per heavy atom. The summed E-state index contributed by atoms with van der Waals surface area (Å²) in [6, 6.07) is 20.3. The molecule has 162 valence electrons. The van der Waals surface area contributed by atoms with Crippen LogP contribution >= 0.6 is 11.6 Å². The Kier molecular flexibility index (Phi) is 6.32. The molecule has 1 heterocycles. The third kappa shape index (κ3) is 4.41. The lowest BCUT2D eigenvalue weighted by molar-refractivity contribution is -0.122. The van der Waals surface area contributed by atoms with Gasteiger partial charge in [0.15, 0.2) is 0 Å². The smallest absolute Gasteiger partial charge is 0.257 e. The highest BCUT2D eigenvalue weighted by Crippen LogP contribution is 2.27. The summed E-state index contributed by atoms with van der Waals surface area (Å²) in [5, 5.41) is 0.553. The van der Waals surface area contributed by atoms with Gasteiger partial charge < -0.3 is 4.90 Å². The van der Waals surface area contributed by atoms with E-state index >= 15 is 0 Å². The van der Waals surface area contributed by atoms with Crippen molar-refractivity contribution in [3.63, 3.8) is 0 Å². The van der Waals surface area contributed by atoms with E-state index in [1.165, 1.54) is 23.1 Å². The number of hydrogen-bond acceptors (Lipinski definition) is 3. The molecule has 1 fully saturated rings. The number of rotatable bonds is 6. The molecule has 4 rings (SSSR count). The molecule has 1 aliphatic heterocycles. The summed E-state index contributed by atoms with van der Waals surface area (Å²) in [4.78, 5) is 41.7. The fourth-order valence-corrected chi connectivity index (χ4v) is 4.05. The zero-order valence-electron chi connectivity index (χ0n) is 17.1. The van der Waals surface area contributed by atoms with Crippen LogP contribution in [0.25, 0.3) is 0 Å². The molecule has 0 bridgehead atoms. The number of hydrogen-bond donors (Lipinski definition) is 0. The van der Waals surface area contributed by atoms with Gasteiger partial charge in [-0.25, -0.2) is 9.29 Å². The summed E-state index contributed by atoms with van der Waals surface area (Å²) in [7, 11) is 0. The lowest BCUT2D eigenvalue weighted by Crippen LogP contribution is -2.46. The van der Waals surface area contributed by atoms with Crippen molar-refractivity contribution < 1.29 is 18.8 Å². The van der Waals surface area contributed by atoms with Crippen molar-refractivity contribution in [2.75, 3.05) is 11.4 Å². The van der Waals surface area contributed by atoms with Crippen LogP contribution in [-0.4, -0.2) is 35.2 Å². The van der Waals surface area contributed by atoms with Crippen LogP contribution in [0.15, 0.2) is 78.9 Å². The van der Waals surface area contributed by atoms with Crippen molar-refractivity contribution in [1.29, 1.82) is 0 Å². The maximum absolute atomic E-state index is 14.4. The van der Waals surface area contributed by atoms with Gasteiger partial charge in [-0.15, -0.1) is 0 Å². The highest BCUT2D eigenvalue weighted by Gasteiger charge is 2.44. The van der Waals surface area contributed by atoms with Crippen LogP contribution in [0.3, 0.4) is 0 Å². The maximum atomic E-state index is 14.4. The van der Waals surface area contributed by atoms with E-state index in [0.717, 1.165) is 10.5 Å². The lowest BCUT2D eigenvalue weighted by Gasteiger charge is -2.28. The molecular weight excluding hydrogens is 431 g/mol. The Labute approximate surface area is 190 Å². The molecule has 1 unspecified atom stereocenters. The van der Waals surface area contributed by atoms with E-state index in [1.807, 2.05) is 6.07 Å². The second kappa shape index (κ2) is 9.32. The molecular formula is C25H20ClFN2O3. The second-order valence-corrected chi connectivity index (χ2v) is 7.92. The Morgan fingerprint density at radius 3 is 2.44 bits per heavy atom. The zero-order valence-corrected chi connectivity index (χ0v) is 17.8. The predicted molar refractivity (Wildman–Crippen MR) is 120 cm³/mol. The molecule has 0 spiro atoms. The van der Waals surface area contributed by atoms with Gasteiger partial charge in [-0.1, -0.05) is 54.1 Å². The van der Waals surface area contributed by atoms with E-state index in [1.54, 1.807) is 54.6 Å². The Morgan fingerprint density at radius 1 is 1.00 bits per heavy atom. The first-order valence-electron chi connectivity index (χ1n) is 10.2. The molecule has 0 N–H and O–H groups in total. The number of amides is 3. The second-order valence-electron chi connectivity index (χ2n) is 7.48. The summed E-state index contributed by atoms with van der Waals surface area (Å²) in [6.45, 7) is 0.125. The van der Waals surface area contributed by atoms with E-state index < -0.39 is 29.6 Å². The molecule has 3 aromatic rings. The number of imide groups is 1. The number of carbonyl (C=O) groups excluding carboxylic acids is 3. The molecule has 0 aliphatic carbocycles. The Balaban J connectivity index is 1.65. The predicted octanol–water partition coefficient (Wildman–Crippen LogP) is 4.50. The van der Waals surface area contributed by atoms with E-state index in [9.17, 15) is 18.8 Å². The van der Waals surface area contributed by atoms with Crippen molar-refractivity contribution in [3.05, 3.63) is 101 Å². The SMILES string of the molecule is O=C1CC(N(CCc2cccc(Cl)c2)C(=O)c2ccccc2F)C(=O)N1c1ccccc1. The average Bonchev–Trinajstić information content (AvgIpc) is 3.08. The number of carbonyl (C=O) groups is 3. The van der Waals surface area contributed by atoms with Crippen molar-refractivity contribution in [1.82, 2.24) is 4.90 Å². The normalized spacial score (nSPS) is 15.8. The van der Waals surface area contributed by atoms with Gasteiger partial charge in [-0.3, -0.25) is 14.4 Å². The van der Waals surface area contributed by atoms with E-state index in [-0.39, 0.29) is 18.5 Å². The van der Waals surface area contributed by atoms with Crippen LogP contribution in [-0.2, 0) is 16.0 Å². The summed E-state index contributed by atoms with van der Waals surface area (Å²) in [5.74, 6) is -2.22. The molecule has 3 aromatic carbocycles. The number of halogens is 2. The van der Waals surface area contributed by atoms with E-state index in [4.69, 9.17) is 11.6 Å². The molecule has 32 heavy (non-hydrogen) atoms. The third-order valence-electron chi connectivity index (χ3n) is 5.41. The Hall–Kier alpha value is -3.51. The molecule has 0 radical (unpaired) electrons. The largest absolute Gasteiger partial charge is 0.326 e. The number of nitrogens with zero attached hydrogens (tertiary/aromatic N) is 2. The van der Waals surface area contributed by atoms with Crippen LogP contribution in [0.4, 0.5) is 10.1 Å². The van der Waals surface area contributed by atoms with Crippen molar-refractivity contribution in [2.24, 2.45) is 0 Å². The monoisotopic (exact) mass is 450 g/mol. The first-order chi connectivity index (χ1) is 15.5. The van der Waals surface area contributed by atoms with Gasteiger partial charge in [0.1, 0.15) is 11.9 Å². The quantitative estimate of drug-likeness (QED) is 0.520. The third-order valence-corrected chi connectivity index (χ3v) is 5.64. The van der Waals surface area contributed by atoms with Crippen LogP contribution in [0.1, 0.15) is 22.3 Å². The molecule has 1 atom stereocenters. The minimum Gasteiger partial charge on any atom is -0.326 e. The van der Waals surface area contributed by atoms with Gasteiger partial charge in [-0.05, 0) is 48.4 Å². The first kappa shape index (κ1) is 21.7. The van der Waals surface area contributed by atoms with Crippen molar-refractivity contribution >= 4 is 35.0 Å². The van der Waals surface area contributed by atoms with Crippen LogP contribution in [0.5, 0.6) is 0 Å². The zero-order chi connectivity index (χ0) is 22.7. The van der Waals surface area contributed by atoms with Crippen LogP contribution < -0.4 is 4.90 Å². The highest BCUT2D eigenvalue weighted by molar-refractivity contribution is 6.30. The Bertz CT molecular complexity index is 1170. The molecule has 1 saturated heterocycles. The van der Waals surface area contributed by atoms with Crippen molar-refractivity contribution in [3.8, 4) is 0 Å². The van der Waals surface area contributed by atoms with Gasteiger partial charge in [0, 0.05) is 11.6 Å². The number of benzene rings is 3. The standard InChI is InChI=1S/C25H20ClFN2O3/c26-18-8-6-7-17(15-18)13-14-28(24(31)20-11-4-5-12-21(20)27)22-16-23(30)29(25(22)32)19-9-2-1-3-10-19/h1-12,15,22H,13-14,16H2.